The maximum atomic E-state index is 6.81. The first-order valence-electron chi connectivity index (χ1n) is 11.7. The van der Waals surface area contributed by atoms with Gasteiger partial charge in [0.25, 0.3) is 5.72 Å². The number of nitrogens with zero attached hydrogens (tertiary/aromatic N) is 1. The van der Waals surface area contributed by atoms with E-state index in [1.165, 1.54) is 5.56 Å². The van der Waals surface area contributed by atoms with Gasteiger partial charge in [0, 0.05) is 6.42 Å². The van der Waals surface area contributed by atoms with Crippen molar-refractivity contribution in [3.8, 4) is 5.75 Å². The van der Waals surface area contributed by atoms with Crippen LogP contribution in [0.25, 0.3) is 0 Å². The first-order chi connectivity index (χ1) is 15.3. The van der Waals surface area contributed by atoms with Gasteiger partial charge in [-0.05, 0) is 53.8 Å². The van der Waals surface area contributed by atoms with Crippen molar-refractivity contribution < 1.29 is 36.4 Å². The van der Waals surface area contributed by atoms with E-state index in [4.69, 9.17) is 19.1 Å². The van der Waals surface area contributed by atoms with E-state index in [0.717, 1.165) is 24.2 Å². The highest BCUT2D eigenvalue weighted by atomic mass is 35.5. The Morgan fingerprint density at radius 3 is 1.97 bits per heavy atom. The van der Waals surface area contributed by atoms with Crippen LogP contribution in [0.2, 0.25) is 0 Å². The first kappa shape index (κ1) is 29.4. The van der Waals surface area contributed by atoms with Crippen molar-refractivity contribution >= 4 is 0 Å². The van der Waals surface area contributed by atoms with E-state index in [2.05, 4.69) is 58.9 Å². The lowest BCUT2D eigenvalue weighted by atomic mass is 9.86. The summed E-state index contributed by atoms with van der Waals surface area (Å²) < 4.78 is 12.7. The number of hydroxylamine groups is 4. The number of benzene rings is 2. The van der Waals surface area contributed by atoms with Crippen LogP contribution in [0.5, 0.6) is 5.75 Å². The van der Waals surface area contributed by atoms with Crippen molar-refractivity contribution in [1.82, 2.24) is 0 Å². The molecule has 2 rings (SSSR count). The number of quaternary nitrogens is 1. The number of para-hydroxylation sites is 1. The van der Waals surface area contributed by atoms with E-state index in [1.54, 1.807) is 14.2 Å². The SMILES string of the molecule is CC[N+](OC)(OC)C(CC(C)C)(OCCOc1ccccc1)c1ccccc1CC(C)C.[Cl-]. The minimum Gasteiger partial charge on any atom is -1.00 e. The van der Waals surface area contributed by atoms with Gasteiger partial charge in [-0.2, -0.15) is 9.68 Å². The molecule has 0 saturated carbocycles. The summed E-state index contributed by atoms with van der Waals surface area (Å²) in [4.78, 5) is 12.1. The van der Waals surface area contributed by atoms with Gasteiger partial charge < -0.3 is 21.9 Å². The molecule has 0 fully saturated rings. The predicted molar refractivity (Wildman–Crippen MR) is 129 cm³/mol. The van der Waals surface area contributed by atoms with Crippen LogP contribution in [-0.4, -0.2) is 38.8 Å². The molecule has 0 spiro atoms. The quantitative estimate of drug-likeness (QED) is 0.180. The highest BCUT2D eigenvalue weighted by molar-refractivity contribution is 5.31. The van der Waals surface area contributed by atoms with E-state index in [1.807, 2.05) is 30.3 Å². The molecule has 1 atom stereocenters. The summed E-state index contributed by atoms with van der Waals surface area (Å²) in [5.41, 5.74) is 1.54. The fourth-order valence-corrected chi connectivity index (χ4v) is 4.51. The van der Waals surface area contributed by atoms with Gasteiger partial charge in [0.15, 0.2) is 0 Å². The number of ether oxygens (including phenoxy) is 2. The van der Waals surface area contributed by atoms with E-state index in [-0.39, 0.29) is 17.2 Å². The lowest BCUT2D eigenvalue weighted by Crippen LogP contribution is -3.00. The van der Waals surface area contributed by atoms with Gasteiger partial charge in [-0.3, -0.25) is 0 Å². The average Bonchev–Trinajstić information content (AvgIpc) is 2.78. The van der Waals surface area contributed by atoms with Gasteiger partial charge in [-0.1, -0.05) is 64.1 Å². The fourth-order valence-electron chi connectivity index (χ4n) is 4.51. The van der Waals surface area contributed by atoms with Crippen molar-refractivity contribution in [3.63, 3.8) is 0 Å². The van der Waals surface area contributed by atoms with Crippen LogP contribution in [0.4, 0.5) is 0 Å². The molecule has 186 valence electrons. The Morgan fingerprint density at radius 2 is 1.42 bits per heavy atom. The summed E-state index contributed by atoms with van der Waals surface area (Å²) in [6.45, 7) is 12.4. The third-order valence-electron chi connectivity index (χ3n) is 5.74. The van der Waals surface area contributed by atoms with Gasteiger partial charge in [0.1, 0.15) is 18.9 Å². The molecule has 0 saturated heterocycles. The zero-order valence-corrected chi connectivity index (χ0v) is 22.1. The second-order valence-electron chi connectivity index (χ2n) is 9.00. The van der Waals surface area contributed by atoms with Crippen molar-refractivity contribution in [2.24, 2.45) is 11.8 Å². The van der Waals surface area contributed by atoms with Gasteiger partial charge >= 0.3 is 0 Å². The molecule has 0 bridgehead atoms. The molecule has 6 heteroatoms. The Balaban J connectivity index is 0.00000544. The molecule has 33 heavy (non-hydrogen) atoms. The summed E-state index contributed by atoms with van der Waals surface area (Å²) >= 11 is 0. The maximum absolute atomic E-state index is 6.81. The molecule has 0 aliphatic carbocycles. The second-order valence-corrected chi connectivity index (χ2v) is 9.00. The Hall–Kier alpha value is -1.63. The normalized spacial score (nSPS) is 13.6. The van der Waals surface area contributed by atoms with Crippen molar-refractivity contribution in [2.75, 3.05) is 34.0 Å². The van der Waals surface area contributed by atoms with Crippen LogP contribution in [0.1, 0.15) is 52.2 Å². The third kappa shape index (κ3) is 7.17. The van der Waals surface area contributed by atoms with Gasteiger partial charge in [-0.15, -0.1) is 0 Å². The Morgan fingerprint density at radius 1 is 0.818 bits per heavy atom. The van der Waals surface area contributed by atoms with E-state index in [9.17, 15) is 0 Å². The fraction of sp³-hybridized carbons (Fsp3) is 0.556. The lowest BCUT2D eigenvalue weighted by Gasteiger charge is -2.46. The predicted octanol–water partition coefficient (Wildman–Crippen LogP) is 3.14. The van der Waals surface area contributed by atoms with Crippen LogP contribution in [-0.2, 0) is 26.6 Å². The first-order valence-corrected chi connectivity index (χ1v) is 11.7. The summed E-state index contributed by atoms with van der Waals surface area (Å²) in [5, 5.41) is 0. The Bertz CT molecular complexity index is 787. The monoisotopic (exact) mass is 479 g/mol. The van der Waals surface area contributed by atoms with Crippen LogP contribution >= 0.6 is 0 Å². The Labute approximate surface area is 206 Å². The molecule has 0 heterocycles. The largest absolute Gasteiger partial charge is 1.00 e. The molecular weight excluding hydrogens is 438 g/mol. The molecule has 0 aromatic heterocycles. The minimum absolute atomic E-state index is 0. The second kappa shape index (κ2) is 13.9. The van der Waals surface area contributed by atoms with Crippen LogP contribution < -0.4 is 17.1 Å². The number of hydrogen-bond donors (Lipinski definition) is 0. The van der Waals surface area contributed by atoms with Gasteiger partial charge in [0.05, 0.1) is 26.4 Å². The summed E-state index contributed by atoms with van der Waals surface area (Å²) in [6.07, 6.45) is 1.69. The number of hydrogen-bond acceptors (Lipinski definition) is 4. The van der Waals surface area contributed by atoms with Crippen molar-refractivity contribution in [2.45, 2.75) is 53.2 Å². The zero-order chi connectivity index (χ0) is 23.6. The van der Waals surface area contributed by atoms with Crippen LogP contribution in [0.3, 0.4) is 0 Å². The Kier molecular flexibility index (Phi) is 12.4. The maximum Gasteiger partial charge on any atom is 0.292 e. The molecule has 0 amide bonds. The van der Waals surface area contributed by atoms with E-state index >= 15 is 0 Å². The average molecular weight is 480 g/mol. The molecule has 2 aromatic carbocycles. The molecule has 0 radical (unpaired) electrons. The lowest BCUT2D eigenvalue weighted by molar-refractivity contribution is -1.29. The van der Waals surface area contributed by atoms with Gasteiger partial charge in [0.2, 0.25) is 0 Å². The van der Waals surface area contributed by atoms with E-state index in [0.29, 0.717) is 31.6 Å². The summed E-state index contributed by atoms with van der Waals surface area (Å²) in [5.74, 6) is 1.70. The molecule has 2 aromatic rings. The van der Waals surface area contributed by atoms with Crippen LogP contribution in [0.15, 0.2) is 54.6 Å². The van der Waals surface area contributed by atoms with Gasteiger partial charge in [-0.25, -0.2) is 0 Å². The third-order valence-corrected chi connectivity index (χ3v) is 5.74. The highest BCUT2D eigenvalue weighted by Crippen LogP contribution is 2.44. The minimum atomic E-state index is -0.835. The molecule has 0 aliphatic heterocycles. The molecule has 5 nitrogen and oxygen atoms in total. The van der Waals surface area contributed by atoms with Crippen molar-refractivity contribution in [1.29, 1.82) is 0 Å². The molecule has 1 unspecified atom stereocenters. The molecule has 0 N–H and O–H groups in total. The molecular formula is C27H42ClNO4. The summed E-state index contributed by atoms with van der Waals surface area (Å²) in [6, 6.07) is 18.4. The number of rotatable bonds is 14. The zero-order valence-electron chi connectivity index (χ0n) is 21.3. The highest BCUT2D eigenvalue weighted by Gasteiger charge is 2.58. The van der Waals surface area contributed by atoms with Crippen molar-refractivity contribution in [3.05, 3.63) is 65.7 Å². The topological polar surface area (TPSA) is 36.9 Å². The molecule has 0 aliphatic rings. The smallest absolute Gasteiger partial charge is 0.292 e. The number of halogens is 1. The van der Waals surface area contributed by atoms with Crippen LogP contribution in [0, 0.1) is 11.8 Å². The standard InChI is InChI=1S/C27H42NO4.ClH/c1-8-28(29-6,30-7)27(21-23(4)5,26-17-13-12-14-24(26)20-22(2)3)32-19-18-31-25-15-10-9-11-16-25;/h9-17,22-23H,8,18-21H2,1-7H3;1H/q+1;/p-1. The summed E-state index contributed by atoms with van der Waals surface area (Å²) in [7, 11) is 3.38. The van der Waals surface area contributed by atoms with E-state index < -0.39 is 5.72 Å².